The Labute approximate surface area is 198 Å². The second-order valence-electron chi connectivity index (χ2n) is 8.94. The molecule has 0 aliphatic heterocycles. The molecule has 0 fully saturated rings. The van der Waals surface area contributed by atoms with Crippen LogP contribution in [0.15, 0.2) is 54.6 Å². The molecule has 180 valence electrons. The first-order valence-electron chi connectivity index (χ1n) is 11.8. The number of carbonyl (C=O) groups is 2. The molecule has 6 nitrogen and oxygen atoms in total. The number of rotatable bonds is 13. The van der Waals surface area contributed by atoms with Crippen molar-refractivity contribution >= 4 is 11.8 Å². The molecule has 2 aromatic rings. The van der Waals surface area contributed by atoms with Crippen LogP contribution in [0, 0.1) is 5.92 Å². The number of carbonyl (C=O) groups excluding carboxylic acids is 2. The molecule has 3 atom stereocenters. The van der Waals surface area contributed by atoms with Gasteiger partial charge in [0.05, 0.1) is 12.5 Å². The van der Waals surface area contributed by atoms with E-state index >= 15 is 0 Å². The van der Waals surface area contributed by atoms with Crippen molar-refractivity contribution in [3.8, 4) is 5.75 Å². The summed E-state index contributed by atoms with van der Waals surface area (Å²) >= 11 is 0. The van der Waals surface area contributed by atoms with E-state index < -0.39 is 6.04 Å². The molecule has 0 saturated carbocycles. The highest BCUT2D eigenvalue weighted by Gasteiger charge is 2.25. The third kappa shape index (κ3) is 8.89. The predicted octanol–water partition coefficient (Wildman–Crippen LogP) is 4.14. The van der Waals surface area contributed by atoms with Gasteiger partial charge in [0.2, 0.25) is 11.8 Å². The zero-order valence-corrected chi connectivity index (χ0v) is 20.6. The maximum absolute atomic E-state index is 13.0. The molecule has 0 bridgehead atoms. The largest absolute Gasteiger partial charge is 0.493 e. The lowest BCUT2D eigenvalue weighted by atomic mass is 9.99. The minimum atomic E-state index is -0.779. The third-order valence-electron chi connectivity index (χ3n) is 5.63. The van der Waals surface area contributed by atoms with Gasteiger partial charge in [0.15, 0.2) is 0 Å². The van der Waals surface area contributed by atoms with Crippen molar-refractivity contribution in [1.29, 1.82) is 0 Å². The summed E-state index contributed by atoms with van der Waals surface area (Å²) < 4.78 is 5.89. The lowest BCUT2D eigenvalue weighted by Gasteiger charge is -2.22. The summed E-state index contributed by atoms with van der Waals surface area (Å²) in [6, 6.07) is 16.2. The molecule has 2 aromatic carbocycles. The second-order valence-corrected chi connectivity index (χ2v) is 8.94. The van der Waals surface area contributed by atoms with Crippen LogP contribution in [0.2, 0.25) is 0 Å². The van der Waals surface area contributed by atoms with E-state index in [0.717, 1.165) is 36.3 Å². The maximum atomic E-state index is 13.0. The fourth-order valence-electron chi connectivity index (χ4n) is 3.54. The SMILES string of the molecule is CCCC(C)COc1ccc([C@@H](NC(=O)[C@@H](C)c2ccccc2)C(=O)NCCN(C)C)cc1. The van der Waals surface area contributed by atoms with Gasteiger partial charge >= 0.3 is 0 Å². The average molecular weight is 454 g/mol. The molecule has 0 radical (unpaired) electrons. The fourth-order valence-corrected chi connectivity index (χ4v) is 3.54. The zero-order valence-electron chi connectivity index (χ0n) is 20.6. The van der Waals surface area contributed by atoms with Gasteiger partial charge in [-0.15, -0.1) is 0 Å². The highest BCUT2D eigenvalue weighted by atomic mass is 16.5. The summed E-state index contributed by atoms with van der Waals surface area (Å²) in [5.74, 6) is 0.463. The molecule has 0 aliphatic carbocycles. The molecule has 0 aliphatic rings. The first kappa shape index (κ1) is 26.4. The average Bonchev–Trinajstić information content (AvgIpc) is 2.81. The van der Waals surface area contributed by atoms with E-state index in [9.17, 15) is 9.59 Å². The van der Waals surface area contributed by atoms with Crippen molar-refractivity contribution in [2.45, 2.75) is 45.6 Å². The van der Waals surface area contributed by atoms with Gasteiger partial charge in [-0.2, -0.15) is 0 Å². The van der Waals surface area contributed by atoms with Crippen molar-refractivity contribution in [2.75, 3.05) is 33.8 Å². The van der Waals surface area contributed by atoms with Crippen LogP contribution in [0.5, 0.6) is 5.75 Å². The van der Waals surface area contributed by atoms with E-state index in [-0.39, 0.29) is 17.7 Å². The number of hydrogen-bond acceptors (Lipinski definition) is 4. The number of amides is 2. The number of likely N-dealkylation sites (N-methyl/N-ethyl adjacent to an activating group) is 1. The highest BCUT2D eigenvalue weighted by Crippen LogP contribution is 2.22. The first-order valence-corrected chi connectivity index (χ1v) is 11.8. The maximum Gasteiger partial charge on any atom is 0.247 e. The van der Waals surface area contributed by atoms with E-state index in [1.165, 1.54) is 0 Å². The van der Waals surface area contributed by atoms with Crippen LogP contribution in [0.25, 0.3) is 0 Å². The highest BCUT2D eigenvalue weighted by molar-refractivity contribution is 5.91. The van der Waals surface area contributed by atoms with Gasteiger partial charge in [-0.3, -0.25) is 9.59 Å². The number of nitrogens with zero attached hydrogens (tertiary/aromatic N) is 1. The number of ether oxygens (including phenoxy) is 1. The third-order valence-corrected chi connectivity index (χ3v) is 5.63. The molecule has 1 unspecified atom stereocenters. The summed E-state index contributed by atoms with van der Waals surface area (Å²) in [5, 5.41) is 5.89. The smallest absolute Gasteiger partial charge is 0.247 e. The van der Waals surface area contributed by atoms with Crippen LogP contribution < -0.4 is 15.4 Å². The van der Waals surface area contributed by atoms with Gasteiger partial charge in [0, 0.05) is 13.1 Å². The summed E-state index contributed by atoms with van der Waals surface area (Å²) in [6.07, 6.45) is 2.26. The van der Waals surface area contributed by atoms with Gasteiger partial charge in [0.1, 0.15) is 11.8 Å². The van der Waals surface area contributed by atoms with E-state index in [0.29, 0.717) is 19.1 Å². The number of hydrogen-bond donors (Lipinski definition) is 2. The van der Waals surface area contributed by atoms with Gasteiger partial charge in [-0.05, 0) is 56.6 Å². The molecule has 0 aromatic heterocycles. The van der Waals surface area contributed by atoms with E-state index in [4.69, 9.17) is 4.74 Å². The first-order chi connectivity index (χ1) is 15.8. The molecule has 2 rings (SSSR count). The van der Waals surface area contributed by atoms with Gasteiger partial charge in [-0.25, -0.2) is 0 Å². The molecule has 33 heavy (non-hydrogen) atoms. The van der Waals surface area contributed by atoms with Gasteiger partial charge in [0.25, 0.3) is 0 Å². The van der Waals surface area contributed by atoms with Crippen LogP contribution in [0.1, 0.15) is 56.7 Å². The van der Waals surface area contributed by atoms with Crippen molar-refractivity contribution in [3.63, 3.8) is 0 Å². The van der Waals surface area contributed by atoms with E-state index in [2.05, 4.69) is 24.5 Å². The predicted molar refractivity (Wildman–Crippen MR) is 133 cm³/mol. The Morgan fingerprint density at radius 1 is 0.939 bits per heavy atom. The van der Waals surface area contributed by atoms with Crippen LogP contribution >= 0.6 is 0 Å². The Morgan fingerprint density at radius 2 is 1.61 bits per heavy atom. The van der Waals surface area contributed by atoms with Crippen LogP contribution in [0.3, 0.4) is 0 Å². The molecular formula is C27H39N3O3. The Morgan fingerprint density at radius 3 is 2.21 bits per heavy atom. The molecule has 2 amide bonds. The van der Waals surface area contributed by atoms with E-state index in [1.807, 2.05) is 80.5 Å². The Kier molecular flexibility index (Phi) is 10.9. The monoisotopic (exact) mass is 453 g/mol. The van der Waals surface area contributed by atoms with Crippen molar-refractivity contribution in [1.82, 2.24) is 15.5 Å². The summed E-state index contributed by atoms with van der Waals surface area (Å²) in [6.45, 7) is 8.07. The van der Waals surface area contributed by atoms with Gasteiger partial charge in [-0.1, -0.05) is 62.7 Å². The molecule has 0 saturated heterocycles. The van der Waals surface area contributed by atoms with E-state index in [1.54, 1.807) is 0 Å². The van der Waals surface area contributed by atoms with Crippen LogP contribution in [0.4, 0.5) is 0 Å². The summed E-state index contributed by atoms with van der Waals surface area (Å²) in [5.41, 5.74) is 1.63. The molecule has 0 heterocycles. The normalized spacial score (nSPS) is 13.8. The lowest BCUT2D eigenvalue weighted by Crippen LogP contribution is -2.43. The quantitative estimate of drug-likeness (QED) is 0.478. The minimum absolute atomic E-state index is 0.192. The lowest BCUT2D eigenvalue weighted by molar-refractivity contribution is -0.129. The van der Waals surface area contributed by atoms with Crippen molar-refractivity contribution < 1.29 is 14.3 Å². The standard InChI is InChI=1S/C27H39N3O3/c1-6-10-20(2)19-33-24-15-13-23(14-16-24)25(27(32)28-17-18-30(4)5)29-26(31)21(3)22-11-8-7-9-12-22/h7-9,11-16,20-21,25H,6,10,17-19H2,1-5H3,(H,28,32)(H,29,31)/t20?,21-,25+/m0/s1. The number of benzene rings is 2. The summed E-state index contributed by atoms with van der Waals surface area (Å²) in [7, 11) is 3.90. The topological polar surface area (TPSA) is 70.7 Å². The Bertz CT molecular complexity index is 853. The van der Waals surface area contributed by atoms with Crippen LogP contribution in [-0.2, 0) is 9.59 Å². The Balaban J connectivity index is 2.12. The summed E-state index contributed by atoms with van der Waals surface area (Å²) in [4.78, 5) is 28.0. The second kappa shape index (κ2) is 13.6. The molecule has 0 spiro atoms. The molecule has 6 heteroatoms. The van der Waals surface area contributed by atoms with Crippen molar-refractivity contribution in [2.24, 2.45) is 5.92 Å². The molecule has 2 N–H and O–H groups in total. The van der Waals surface area contributed by atoms with Crippen molar-refractivity contribution in [3.05, 3.63) is 65.7 Å². The minimum Gasteiger partial charge on any atom is -0.493 e. The van der Waals surface area contributed by atoms with Crippen LogP contribution in [-0.4, -0.2) is 50.5 Å². The Hall–Kier alpha value is -2.86. The molecular weight excluding hydrogens is 414 g/mol. The number of nitrogens with one attached hydrogen (secondary N) is 2. The zero-order chi connectivity index (χ0) is 24.2. The van der Waals surface area contributed by atoms with Gasteiger partial charge < -0.3 is 20.3 Å². The fraction of sp³-hybridized carbons (Fsp3) is 0.481.